The molecule has 18 heavy (non-hydrogen) atoms. The van der Waals surface area contributed by atoms with Crippen molar-refractivity contribution < 1.29 is 9.59 Å². The highest BCUT2D eigenvalue weighted by molar-refractivity contribution is 5.85. The molecule has 0 aromatic rings. The van der Waals surface area contributed by atoms with E-state index < -0.39 is 10.8 Å². The second-order valence-corrected chi connectivity index (χ2v) is 6.21. The smallest absolute Gasteiger partial charge is 0.225 e. The highest BCUT2D eigenvalue weighted by atomic mass is 16.2. The first-order valence-electron chi connectivity index (χ1n) is 6.57. The Morgan fingerprint density at radius 3 is 2.00 bits per heavy atom. The van der Waals surface area contributed by atoms with Gasteiger partial charge in [-0.25, -0.2) is 0 Å². The molecule has 4 nitrogen and oxygen atoms in total. The Kier molecular flexibility index (Phi) is 6.54. The largest absolute Gasteiger partial charge is 0.356 e. The summed E-state index contributed by atoms with van der Waals surface area (Å²) < 4.78 is 0. The molecule has 0 bridgehead atoms. The number of Topliss-reactive ketones (excluding diaryl/α,β-unsaturated/α-hetero) is 1. The zero-order chi connectivity index (χ0) is 14.4. The number of hydrogen-bond donors (Lipinski definition) is 2. The van der Waals surface area contributed by atoms with Gasteiger partial charge < -0.3 is 10.6 Å². The van der Waals surface area contributed by atoms with Gasteiger partial charge in [0.1, 0.15) is 5.78 Å². The Hall–Kier alpha value is -0.900. The molecule has 0 fully saturated rings. The fourth-order valence-corrected chi connectivity index (χ4v) is 2.02. The molecule has 1 amide bonds. The standard InChI is InChI=1S/C14H28N2O2/c1-11(17)13(2,3)10-14(4,5)12(18)16-9-7-8-15-6/h15H,7-10H2,1-6H3,(H,16,18). The summed E-state index contributed by atoms with van der Waals surface area (Å²) in [5.74, 6) is 0.145. The first-order valence-corrected chi connectivity index (χ1v) is 6.57. The van der Waals surface area contributed by atoms with E-state index in [9.17, 15) is 9.59 Å². The van der Waals surface area contributed by atoms with E-state index in [0.29, 0.717) is 13.0 Å². The first-order chi connectivity index (χ1) is 8.13. The number of ketones is 1. The topological polar surface area (TPSA) is 58.2 Å². The van der Waals surface area contributed by atoms with Gasteiger partial charge in [-0.1, -0.05) is 27.7 Å². The van der Waals surface area contributed by atoms with Gasteiger partial charge >= 0.3 is 0 Å². The maximum Gasteiger partial charge on any atom is 0.225 e. The fraction of sp³-hybridized carbons (Fsp3) is 0.857. The molecule has 4 heteroatoms. The molecular weight excluding hydrogens is 228 g/mol. The van der Waals surface area contributed by atoms with Crippen molar-refractivity contribution in [3.05, 3.63) is 0 Å². The van der Waals surface area contributed by atoms with E-state index in [4.69, 9.17) is 0 Å². The Bertz CT molecular complexity index is 296. The summed E-state index contributed by atoms with van der Waals surface area (Å²) in [6.45, 7) is 10.7. The van der Waals surface area contributed by atoms with Gasteiger partial charge in [0.05, 0.1) is 0 Å². The van der Waals surface area contributed by atoms with Crippen molar-refractivity contribution in [1.29, 1.82) is 0 Å². The van der Waals surface area contributed by atoms with Crippen molar-refractivity contribution in [3.63, 3.8) is 0 Å². The molecular formula is C14H28N2O2. The summed E-state index contributed by atoms with van der Waals surface area (Å²) in [6.07, 6.45) is 1.47. The van der Waals surface area contributed by atoms with Crippen LogP contribution in [-0.4, -0.2) is 31.8 Å². The van der Waals surface area contributed by atoms with Gasteiger partial charge in [0.15, 0.2) is 0 Å². The van der Waals surface area contributed by atoms with Crippen LogP contribution in [0, 0.1) is 10.8 Å². The lowest BCUT2D eigenvalue weighted by atomic mass is 9.72. The molecule has 0 unspecified atom stereocenters. The molecule has 0 aliphatic rings. The number of hydrogen-bond acceptors (Lipinski definition) is 3. The lowest BCUT2D eigenvalue weighted by Gasteiger charge is -2.32. The average Bonchev–Trinajstić information content (AvgIpc) is 2.22. The third-order valence-electron chi connectivity index (χ3n) is 3.34. The van der Waals surface area contributed by atoms with E-state index in [-0.39, 0.29) is 11.7 Å². The number of amides is 1. The Morgan fingerprint density at radius 1 is 1.00 bits per heavy atom. The molecule has 2 N–H and O–H groups in total. The van der Waals surface area contributed by atoms with Crippen LogP contribution in [0.4, 0.5) is 0 Å². The number of carbonyl (C=O) groups is 2. The van der Waals surface area contributed by atoms with Crippen LogP contribution in [-0.2, 0) is 9.59 Å². The van der Waals surface area contributed by atoms with Crippen LogP contribution in [0.5, 0.6) is 0 Å². The molecule has 0 saturated carbocycles. The summed E-state index contributed by atoms with van der Waals surface area (Å²) in [5.41, 5.74) is -0.972. The molecule has 0 atom stereocenters. The van der Waals surface area contributed by atoms with Crippen molar-refractivity contribution in [2.75, 3.05) is 20.1 Å². The van der Waals surface area contributed by atoms with E-state index in [1.807, 2.05) is 34.7 Å². The van der Waals surface area contributed by atoms with E-state index in [1.54, 1.807) is 6.92 Å². The molecule has 0 aliphatic heterocycles. The third-order valence-corrected chi connectivity index (χ3v) is 3.34. The highest BCUT2D eigenvalue weighted by Gasteiger charge is 2.36. The Balaban J connectivity index is 4.35. The predicted octanol–water partition coefficient (Wildman–Crippen LogP) is 1.74. The minimum absolute atomic E-state index is 0.0212. The molecule has 106 valence electrons. The van der Waals surface area contributed by atoms with Gasteiger partial charge in [0.2, 0.25) is 5.91 Å². The van der Waals surface area contributed by atoms with Crippen molar-refractivity contribution in [3.8, 4) is 0 Å². The van der Waals surface area contributed by atoms with Crippen LogP contribution in [0.15, 0.2) is 0 Å². The molecule has 0 spiro atoms. The second-order valence-electron chi connectivity index (χ2n) is 6.21. The number of carbonyl (C=O) groups excluding carboxylic acids is 2. The van der Waals surface area contributed by atoms with Crippen LogP contribution in [0.3, 0.4) is 0 Å². The minimum atomic E-state index is -0.519. The monoisotopic (exact) mass is 256 g/mol. The average molecular weight is 256 g/mol. The third kappa shape index (κ3) is 5.63. The first kappa shape index (κ1) is 17.1. The Labute approximate surface area is 111 Å². The van der Waals surface area contributed by atoms with Crippen LogP contribution < -0.4 is 10.6 Å². The predicted molar refractivity (Wildman–Crippen MR) is 74.4 cm³/mol. The van der Waals surface area contributed by atoms with Crippen molar-refractivity contribution in [1.82, 2.24) is 10.6 Å². The second kappa shape index (κ2) is 6.88. The number of nitrogens with one attached hydrogen (secondary N) is 2. The van der Waals surface area contributed by atoms with E-state index in [1.165, 1.54) is 0 Å². The van der Waals surface area contributed by atoms with E-state index >= 15 is 0 Å². The summed E-state index contributed by atoms with van der Waals surface area (Å²) in [7, 11) is 1.89. The van der Waals surface area contributed by atoms with Crippen LogP contribution in [0.25, 0.3) is 0 Å². The zero-order valence-electron chi connectivity index (χ0n) is 12.6. The van der Waals surface area contributed by atoms with Crippen molar-refractivity contribution >= 4 is 11.7 Å². The summed E-state index contributed by atoms with van der Waals surface area (Å²) in [5, 5.41) is 5.97. The molecule has 0 radical (unpaired) electrons. The van der Waals surface area contributed by atoms with Crippen LogP contribution in [0.2, 0.25) is 0 Å². The lowest BCUT2D eigenvalue weighted by molar-refractivity contribution is -0.133. The summed E-state index contributed by atoms with van der Waals surface area (Å²) >= 11 is 0. The summed E-state index contributed by atoms with van der Waals surface area (Å²) in [4.78, 5) is 23.6. The molecule has 0 rings (SSSR count). The van der Waals surface area contributed by atoms with Gasteiger partial charge in [-0.05, 0) is 33.4 Å². The normalized spacial score (nSPS) is 12.3. The quantitative estimate of drug-likeness (QED) is 0.650. The number of rotatable bonds is 8. The molecule has 0 heterocycles. The maximum absolute atomic E-state index is 12.1. The Morgan fingerprint density at radius 2 is 1.56 bits per heavy atom. The van der Waals surface area contributed by atoms with Gasteiger partial charge in [-0.15, -0.1) is 0 Å². The zero-order valence-corrected chi connectivity index (χ0v) is 12.6. The molecule has 0 aliphatic carbocycles. The van der Waals surface area contributed by atoms with Crippen molar-refractivity contribution in [2.45, 2.75) is 47.5 Å². The van der Waals surface area contributed by atoms with Gasteiger partial charge in [0, 0.05) is 17.4 Å². The minimum Gasteiger partial charge on any atom is -0.356 e. The fourth-order valence-electron chi connectivity index (χ4n) is 2.02. The van der Waals surface area contributed by atoms with E-state index in [2.05, 4.69) is 10.6 Å². The van der Waals surface area contributed by atoms with Crippen LogP contribution in [0.1, 0.15) is 47.5 Å². The van der Waals surface area contributed by atoms with E-state index in [0.717, 1.165) is 13.0 Å². The van der Waals surface area contributed by atoms with Gasteiger partial charge in [0.25, 0.3) is 0 Å². The van der Waals surface area contributed by atoms with Gasteiger partial charge in [-0.2, -0.15) is 0 Å². The van der Waals surface area contributed by atoms with Gasteiger partial charge in [-0.3, -0.25) is 9.59 Å². The molecule has 0 aromatic heterocycles. The lowest BCUT2D eigenvalue weighted by Crippen LogP contribution is -2.41. The molecule has 0 saturated heterocycles. The maximum atomic E-state index is 12.1. The van der Waals surface area contributed by atoms with Crippen molar-refractivity contribution in [2.24, 2.45) is 10.8 Å². The molecule has 0 aromatic carbocycles. The SMILES string of the molecule is CNCCCNC(=O)C(C)(C)CC(C)(C)C(C)=O. The highest BCUT2D eigenvalue weighted by Crippen LogP contribution is 2.34. The summed E-state index contributed by atoms with van der Waals surface area (Å²) in [6, 6.07) is 0. The van der Waals surface area contributed by atoms with Crippen LogP contribution >= 0.6 is 0 Å².